The van der Waals surface area contributed by atoms with Crippen molar-refractivity contribution in [1.29, 1.82) is 5.26 Å². The number of hydrogen-bond acceptors (Lipinski definition) is 2. The summed E-state index contributed by atoms with van der Waals surface area (Å²) in [6, 6.07) is 9.48. The third-order valence-corrected chi connectivity index (χ3v) is 2.16. The van der Waals surface area contributed by atoms with Crippen LogP contribution < -0.4 is 0 Å². The largest absolute Gasteiger partial charge is 0.280 e. The Bertz CT molecular complexity index is 419. The molecular formula is C13H17N2O+. The predicted octanol–water partition coefficient (Wildman–Crippen LogP) is 2.35. The average molecular weight is 217 g/mol. The SMILES string of the molecule is CO/[N+](=C\c1ccc(C#N)cc1)C(C)(C)C. The quantitative estimate of drug-likeness (QED) is 0.433. The van der Waals surface area contributed by atoms with Crippen molar-refractivity contribution in [3.8, 4) is 6.07 Å². The highest BCUT2D eigenvalue weighted by Gasteiger charge is 2.25. The van der Waals surface area contributed by atoms with E-state index < -0.39 is 0 Å². The van der Waals surface area contributed by atoms with Gasteiger partial charge in [0.1, 0.15) is 7.11 Å². The zero-order valence-corrected chi connectivity index (χ0v) is 10.2. The highest BCUT2D eigenvalue weighted by atomic mass is 16.7. The first-order valence-corrected chi connectivity index (χ1v) is 5.16. The molecule has 16 heavy (non-hydrogen) atoms. The van der Waals surface area contributed by atoms with Gasteiger partial charge in [0.25, 0.3) is 0 Å². The van der Waals surface area contributed by atoms with Gasteiger partial charge in [-0.15, -0.1) is 0 Å². The van der Waals surface area contributed by atoms with Crippen molar-refractivity contribution in [1.82, 2.24) is 0 Å². The molecule has 0 N–H and O–H groups in total. The standard InChI is InChI=1S/C13H17N2O/c1-13(2,3)15(16-4)10-12-7-5-11(9-14)6-8-12/h5-8,10H,1-4H3/q+1/b15-10-. The highest BCUT2D eigenvalue weighted by Crippen LogP contribution is 2.08. The van der Waals surface area contributed by atoms with E-state index in [-0.39, 0.29) is 5.54 Å². The minimum atomic E-state index is -0.0946. The van der Waals surface area contributed by atoms with Gasteiger partial charge in [-0.1, -0.05) is 0 Å². The van der Waals surface area contributed by atoms with E-state index in [1.807, 2.05) is 18.3 Å². The lowest BCUT2D eigenvalue weighted by molar-refractivity contribution is -0.821. The van der Waals surface area contributed by atoms with Gasteiger partial charge < -0.3 is 0 Å². The molecule has 0 atom stereocenters. The Balaban J connectivity index is 3.01. The molecule has 0 saturated carbocycles. The van der Waals surface area contributed by atoms with Crippen LogP contribution in [-0.2, 0) is 4.84 Å². The lowest BCUT2D eigenvalue weighted by atomic mass is 10.1. The molecule has 0 spiro atoms. The van der Waals surface area contributed by atoms with Crippen LogP contribution >= 0.6 is 0 Å². The van der Waals surface area contributed by atoms with E-state index in [4.69, 9.17) is 10.1 Å². The summed E-state index contributed by atoms with van der Waals surface area (Å²) in [5, 5.41) is 8.69. The van der Waals surface area contributed by atoms with Crippen molar-refractivity contribution < 1.29 is 9.58 Å². The molecule has 3 nitrogen and oxygen atoms in total. The fourth-order valence-electron chi connectivity index (χ4n) is 1.30. The van der Waals surface area contributed by atoms with Crippen molar-refractivity contribution in [3.05, 3.63) is 35.4 Å². The van der Waals surface area contributed by atoms with E-state index in [9.17, 15) is 0 Å². The molecule has 0 aromatic heterocycles. The molecule has 0 aliphatic heterocycles. The average Bonchev–Trinajstić information content (AvgIpc) is 2.25. The Morgan fingerprint density at radius 1 is 1.25 bits per heavy atom. The zero-order valence-electron chi connectivity index (χ0n) is 10.2. The van der Waals surface area contributed by atoms with Crippen molar-refractivity contribution >= 4 is 6.21 Å². The third-order valence-electron chi connectivity index (χ3n) is 2.16. The van der Waals surface area contributed by atoms with Crippen molar-refractivity contribution in [2.75, 3.05) is 7.11 Å². The molecular weight excluding hydrogens is 200 g/mol. The number of rotatable bonds is 2. The smallest absolute Gasteiger partial charge is 0.223 e. The molecule has 0 saturated heterocycles. The maximum atomic E-state index is 8.69. The van der Waals surface area contributed by atoms with Crippen LogP contribution in [0.25, 0.3) is 0 Å². The summed E-state index contributed by atoms with van der Waals surface area (Å²) in [6.45, 7) is 6.20. The monoisotopic (exact) mass is 217 g/mol. The Morgan fingerprint density at radius 2 is 1.81 bits per heavy atom. The summed E-state index contributed by atoms with van der Waals surface area (Å²) < 4.78 is 1.79. The Labute approximate surface area is 96.6 Å². The van der Waals surface area contributed by atoms with E-state index in [0.29, 0.717) is 5.56 Å². The molecule has 0 heterocycles. The van der Waals surface area contributed by atoms with Crippen LogP contribution in [0.4, 0.5) is 0 Å². The van der Waals surface area contributed by atoms with Gasteiger partial charge in [0.05, 0.1) is 11.6 Å². The van der Waals surface area contributed by atoms with Gasteiger partial charge in [-0.3, -0.25) is 4.84 Å². The van der Waals surface area contributed by atoms with Crippen LogP contribution in [0.15, 0.2) is 24.3 Å². The minimum absolute atomic E-state index is 0.0946. The molecule has 0 fully saturated rings. The number of nitrogens with zero attached hydrogens (tertiary/aromatic N) is 2. The lowest BCUT2D eigenvalue weighted by Gasteiger charge is -2.13. The lowest BCUT2D eigenvalue weighted by Crippen LogP contribution is -2.33. The Hall–Kier alpha value is -1.82. The third kappa shape index (κ3) is 3.09. The molecule has 0 aliphatic rings. The van der Waals surface area contributed by atoms with E-state index >= 15 is 0 Å². The second-order valence-corrected chi connectivity index (χ2v) is 4.54. The number of hydrogen-bond donors (Lipinski definition) is 0. The molecule has 1 aromatic carbocycles. The van der Waals surface area contributed by atoms with Crippen LogP contribution in [0.5, 0.6) is 0 Å². The fraction of sp³-hybridized carbons (Fsp3) is 0.385. The van der Waals surface area contributed by atoms with Crippen molar-refractivity contribution in [2.24, 2.45) is 0 Å². The summed E-state index contributed by atoms with van der Waals surface area (Å²) in [7, 11) is 1.64. The van der Waals surface area contributed by atoms with Gasteiger partial charge >= 0.3 is 0 Å². The predicted molar refractivity (Wildman–Crippen MR) is 63.3 cm³/mol. The molecule has 1 rings (SSSR count). The van der Waals surface area contributed by atoms with Gasteiger partial charge in [-0.25, -0.2) is 0 Å². The van der Waals surface area contributed by atoms with E-state index in [2.05, 4.69) is 26.8 Å². The second kappa shape index (κ2) is 4.80. The Kier molecular flexibility index (Phi) is 3.68. The first-order valence-electron chi connectivity index (χ1n) is 5.16. The maximum absolute atomic E-state index is 8.69. The first-order chi connectivity index (χ1) is 7.47. The molecule has 0 unspecified atom stereocenters. The van der Waals surface area contributed by atoms with Crippen LogP contribution in [-0.4, -0.2) is 23.6 Å². The van der Waals surface area contributed by atoms with Crippen LogP contribution in [0.1, 0.15) is 31.9 Å². The van der Waals surface area contributed by atoms with Gasteiger partial charge in [0.2, 0.25) is 11.8 Å². The maximum Gasteiger partial charge on any atom is 0.223 e. The van der Waals surface area contributed by atoms with Gasteiger partial charge in [0, 0.05) is 26.3 Å². The minimum Gasteiger partial charge on any atom is -0.280 e. The molecule has 0 amide bonds. The number of nitriles is 1. The summed E-state index contributed by atoms with van der Waals surface area (Å²) in [6.07, 6.45) is 1.92. The summed E-state index contributed by atoms with van der Waals surface area (Å²) in [5.41, 5.74) is 1.58. The second-order valence-electron chi connectivity index (χ2n) is 4.54. The number of benzene rings is 1. The molecule has 0 bridgehead atoms. The number of hydroxylamine groups is 1. The molecule has 3 heteroatoms. The molecule has 0 radical (unpaired) electrons. The van der Waals surface area contributed by atoms with Crippen LogP contribution in [0.3, 0.4) is 0 Å². The van der Waals surface area contributed by atoms with E-state index in [1.165, 1.54) is 0 Å². The van der Waals surface area contributed by atoms with Crippen molar-refractivity contribution in [3.63, 3.8) is 0 Å². The summed E-state index contributed by atoms with van der Waals surface area (Å²) in [4.78, 5) is 5.29. The van der Waals surface area contributed by atoms with Crippen molar-refractivity contribution in [2.45, 2.75) is 26.3 Å². The highest BCUT2D eigenvalue weighted by molar-refractivity contribution is 5.75. The van der Waals surface area contributed by atoms with Gasteiger partial charge in [-0.05, 0) is 29.0 Å². The zero-order chi connectivity index (χ0) is 12.2. The van der Waals surface area contributed by atoms with Gasteiger partial charge in [-0.2, -0.15) is 5.26 Å². The molecule has 84 valence electrons. The van der Waals surface area contributed by atoms with Crippen LogP contribution in [0, 0.1) is 11.3 Å². The van der Waals surface area contributed by atoms with E-state index in [1.54, 1.807) is 24.0 Å². The first kappa shape index (κ1) is 12.3. The molecule has 0 aliphatic carbocycles. The van der Waals surface area contributed by atoms with Crippen LogP contribution in [0.2, 0.25) is 0 Å². The fourth-order valence-corrected chi connectivity index (χ4v) is 1.30. The normalized spacial score (nSPS) is 12.1. The topological polar surface area (TPSA) is 36.0 Å². The summed E-state index contributed by atoms with van der Waals surface area (Å²) in [5.74, 6) is 0. The Morgan fingerprint density at radius 3 is 2.19 bits per heavy atom. The van der Waals surface area contributed by atoms with E-state index in [0.717, 1.165) is 5.56 Å². The molecule has 1 aromatic rings. The summed E-state index contributed by atoms with van der Waals surface area (Å²) >= 11 is 0. The van der Waals surface area contributed by atoms with Gasteiger partial charge in [0.15, 0.2) is 0 Å².